The molecule has 0 saturated heterocycles. The van der Waals surface area contributed by atoms with E-state index in [1.807, 2.05) is 54.6 Å². The summed E-state index contributed by atoms with van der Waals surface area (Å²) in [5.41, 5.74) is 2.17. The zero-order chi connectivity index (χ0) is 16.7. The van der Waals surface area contributed by atoms with Crippen LogP contribution in [-0.2, 0) is 11.3 Å². The molecule has 0 aliphatic rings. The van der Waals surface area contributed by atoms with Gasteiger partial charge in [-0.1, -0.05) is 36.9 Å². The molecule has 0 aliphatic heterocycles. The smallest absolute Gasteiger partial charge is 0.253 e. The van der Waals surface area contributed by atoms with E-state index in [2.05, 4.69) is 6.58 Å². The molecule has 0 fully saturated rings. The third kappa shape index (κ3) is 4.44. The summed E-state index contributed by atoms with van der Waals surface area (Å²) >= 11 is 0. The van der Waals surface area contributed by atoms with Gasteiger partial charge in [-0.05, 0) is 29.8 Å². The van der Waals surface area contributed by atoms with Crippen LogP contribution >= 0.6 is 0 Å². The van der Waals surface area contributed by atoms with Crippen molar-refractivity contribution in [1.82, 2.24) is 0 Å². The lowest BCUT2D eigenvalue weighted by Gasteiger charge is -2.24. The van der Waals surface area contributed by atoms with E-state index >= 15 is 0 Å². The highest BCUT2D eigenvalue weighted by atomic mass is 16.5. The number of carbonyl (C=O) groups is 1. The van der Waals surface area contributed by atoms with Crippen molar-refractivity contribution in [3.63, 3.8) is 0 Å². The van der Waals surface area contributed by atoms with Gasteiger partial charge in [0.15, 0.2) is 0 Å². The number of rotatable bonds is 7. The average molecular weight is 311 g/mol. The number of nitrogens with zero attached hydrogens (tertiary/aromatic N) is 1. The van der Waals surface area contributed by atoms with Gasteiger partial charge < -0.3 is 14.7 Å². The minimum Gasteiger partial charge on any atom is -0.497 e. The second-order valence-electron chi connectivity index (χ2n) is 5.15. The molecule has 0 aliphatic carbocycles. The highest BCUT2D eigenvalue weighted by molar-refractivity contribution is 6.05. The fourth-order valence-electron chi connectivity index (χ4n) is 2.24. The number of aliphatic hydroxyl groups excluding tert-OH is 1. The largest absolute Gasteiger partial charge is 0.497 e. The molecule has 120 valence electrons. The fourth-order valence-corrected chi connectivity index (χ4v) is 2.24. The lowest BCUT2D eigenvalue weighted by atomic mass is 10.1. The summed E-state index contributed by atoms with van der Waals surface area (Å²) in [4.78, 5) is 14.3. The third-order valence-electron chi connectivity index (χ3n) is 3.53. The van der Waals surface area contributed by atoms with Gasteiger partial charge in [0.25, 0.3) is 5.91 Å². The van der Waals surface area contributed by atoms with Crippen molar-refractivity contribution in [3.8, 4) is 5.75 Å². The van der Waals surface area contributed by atoms with Crippen LogP contribution in [0.1, 0.15) is 12.0 Å². The normalized spacial score (nSPS) is 10.2. The SMILES string of the molecule is C=C(CCO)C(=O)N(Cc1ccccc1)c1ccc(OC)cc1. The van der Waals surface area contributed by atoms with E-state index in [9.17, 15) is 4.79 Å². The third-order valence-corrected chi connectivity index (χ3v) is 3.53. The molecule has 4 heteroatoms. The number of carbonyl (C=O) groups excluding carboxylic acids is 1. The van der Waals surface area contributed by atoms with E-state index in [-0.39, 0.29) is 18.9 Å². The van der Waals surface area contributed by atoms with Gasteiger partial charge in [-0.2, -0.15) is 0 Å². The Labute approximate surface area is 136 Å². The standard InChI is InChI=1S/C19H21NO3/c1-15(12-13-21)19(22)20(14-16-6-4-3-5-7-16)17-8-10-18(23-2)11-9-17/h3-11,21H,1,12-14H2,2H3. The van der Waals surface area contributed by atoms with E-state index in [0.717, 1.165) is 17.0 Å². The Morgan fingerprint density at radius 3 is 2.35 bits per heavy atom. The Morgan fingerprint density at radius 2 is 1.78 bits per heavy atom. The molecule has 2 aromatic carbocycles. The van der Waals surface area contributed by atoms with Crippen LogP contribution < -0.4 is 9.64 Å². The molecule has 0 bridgehead atoms. The van der Waals surface area contributed by atoms with E-state index in [1.165, 1.54) is 0 Å². The molecule has 4 nitrogen and oxygen atoms in total. The maximum absolute atomic E-state index is 12.7. The minimum absolute atomic E-state index is 0.0909. The van der Waals surface area contributed by atoms with Gasteiger partial charge >= 0.3 is 0 Å². The highest BCUT2D eigenvalue weighted by Gasteiger charge is 2.19. The van der Waals surface area contributed by atoms with Crippen molar-refractivity contribution in [2.75, 3.05) is 18.6 Å². The van der Waals surface area contributed by atoms with E-state index < -0.39 is 0 Å². The molecule has 0 aromatic heterocycles. The Hall–Kier alpha value is -2.59. The van der Waals surface area contributed by atoms with Crippen molar-refractivity contribution in [3.05, 3.63) is 72.3 Å². The van der Waals surface area contributed by atoms with E-state index in [1.54, 1.807) is 12.0 Å². The van der Waals surface area contributed by atoms with Gasteiger partial charge in [-0.15, -0.1) is 0 Å². The molecule has 2 aromatic rings. The van der Waals surface area contributed by atoms with Crippen molar-refractivity contribution in [1.29, 1.82) is 0 Å². The first kappa shape index (κ1) is 16.8. The van der Waals surface area contributed by atoms with Gasteiger partial charge in [0.2, 0.25) is 0 Å². The number of aliphatic hydroxyl groups is 1. The number of benzene rings is 2. The molecule has 2 rings (SSSR count). The summed E-state index contributed by atoms with van der Waals surface area (Å²) in [6.07, 6.45) is 0.264. The maximum atomic E-state index is 12.7. The van der Waals surface area contributed by atoms with Crippen molar-refractivity contribution in [2.45, 2.75) is 13.0 Å². The maximum Gasteiger partial charge on any atom is 0.253 e. The fraction of sp³-hybridized carbons (Fsp3) is 0.211. The summed E-state index contributed by atoms with van der Waals surface area (Å²) in [6, 6.07) is 17.1. The number of hydrogen-bond acceptors (Lipinski definition) is 3. The molecule has 0 radical (unpaired) electrons. The van der Waals surface area contributed by atoms with Crippen LogP contribution in [0.25, 0.3) is 0 Å². The summed E-state index contributed by atoms with van der Waals surface area (Å²) in [5.74, 6) is 0.545. The molecule has 23 heavy (non-hydrogen) atoms. The average Bonchev–Trinajstić information content (AvgIpc) is 2.60. The van der Waals surface area contributed by atoms with Gasteiger partial charge in [0.05, 0.1) is 13.7 Å². The molecular formula is C19H21NO3. The highest BCUT2D eigenvalue weighted by Crippen LogP contribution is 2.23. The number of anilines is 1. The number of amides is 1. The van der Waals surface area contributed by atoms with Crippen molar-refractivity contribution < 1.29 is 14.6 Å². The second-order valence-corrected chi connectivity index (χ2v) is 5.15. The van der Waals surface area contributed by atoms with Gasteiger partial charge in [-0.25, -0.2) is 0 Å². The Bertz CT molecular complexity index is 650. The number of hydrogen-bond donors (Lipinski definition) is 1. The molecule has 1 N–H and O–H groups in total. The quantitative estimate of drug-likeness (QED) is 0.799. The lowest BCUT2D eigenvalue weighted by Crippen LogP contribution is -2.31. The Kier molecular flexibility index (Phi) is 5.94. The molecular weight excluding hydrogens is 290 g/mol. The van der Waals surface area contributed by atoms with E-state index in [0.29, 0.717) is 12.1 Å². The van der Waals surface area contributed by atoms with Crippen molar-refractivity contribution >= 4 is 11.6 Å². The van der Waals surface area contributed by atoms with Crippen LogP contribution in [0.2, 0.25) is 0 Å². The van der Waals surface area contributed by atoms with Crippen LogP contribution in [0, 0.1) is 0 Å². The summed E-state index contributed by atoms with van der Waals surface area (Å²) in [6.45, 7) is 4.14. The summed E-state index contributed by atoms with van der Waals surface area (Å²) in [7, 11) is 1.60. The van der Waals surface area contributed by atoms with Gasteiger partial charge in [-0.3, -0.25) is 4.79 Å². The summed E-state index contributed by atoms with van der Waals surface area (Å²) < 4.78 is 5.16. The monoisotopic (exact) mass is 311 g/mol. The topological polar surface area (TPSA) is 49.8 Å². The lowest BCUT2D eigenvalue weighted by molar-refractivity contribution is -0.115. The van der Waals surface area contributed by atoms with Gasteiger partial charge in [0, 0.05) is 24.3 Å². The first-order valence-corrected chi connectivity index (χ1v) is 7.44. The predicted octanol–water partition coefficient (Wildman–Crippen LogP) is 3.17. The first-order chi connectivity index (χ1) is 11.2. The molecule has 0 heterocycles. The molecule has 1 amide bonds. The zero-order valence-electron chi connectivity index (χ0n) is 13.2. The van der Waals surface area contributed by atoms with Crippen LogP contribution in [-0.4, -0.2) is 24.7 Å². The van der Waals surface area contributed by atoms with Crippen LogP contribution in [0.5, 0.6) is 5.75 Å². The number of methoxy groups -OCH3 is 1. The number of ether oxygens (including phenoxy) is 1. The zero-order valence-corrected chi connectivity index (χ0v) is 13.2. The molecule has 0 saturated carbocycles. The molecule has 0 spiro atoms. The summed E-state index contributed by atoms with van der Waals surface area (Å²) in [5, 5.41) is 9.05. The van der Waals surface area contributed by atoms with Crippen LogP contribution in [0.15, 0.2) is 66.7 Å². The predicted molar refractivity (Wildman–Crippen MR) is 91.5 cm³/mol. The van der Waals surface area contributed by atoms with E-state index in [4.69, 9.17) is 9.84 Å². The second kappa shape index (κ2) is 8.15. The van der Waals surface area contributed by atoms with Crippen molar-refractivity contribution in [2.24, 2.45) is 0 Å². The Morgan fingerprint density at radius 1 is 1.13 bits per heavy atom. The minimum atomic E-state index is -0.187. The molecule has 0 unspecified atom stereocenters. The van der Waals surface area contributed by atoms with Crippen LogP contribution in [0.4, 0.5) is 5.69 Å². The Balaban J connectivity index is 2.29. The van der Waals surface area contributed by atoms with Gasteiger partial charge in [0.1, 0.15) is 5.75 Å². The molecule has 0 atom stereocenters. The van der Waals surface area contributed by atoms with Crippen LogP contribution in [0.3, 0.4) is 0 Å². The first-order valence-electron chi connectivity index (χ1n) is 7.44.